The number of aromatic nitrogens is 1. The average molecular weight is 379 g/mol. The number of nitrogens with one attached hydrogen (secondary N) is 1. The third-order valence-electron chi connectivity index (χ3n) is 3.59. The molecule has 134 valence electrons. The number of carbonyl (C=O) groups excluding carboxylic acids is 1. The molecule has 0 spiro atoms. The predicted molar refractivity (Wildman–Crippen MR) is 101 cm³/mol. The maximum Gasteiger partial charge on any atom is 0.305 e. The number of amides is 1. The first-order valence-corrected chi connectivity index (χ1v) is 8.70. The van der Waals surface area contributed by atoms with Gasteiger partial charge in [-0.2, -0.15) is 10.4 Å². The maximum atomic E-state index is 11.6. The molecule has 1 aromatic carbocycles. The van der Waals surface area contributed by atoms with Crippen LogP contribution in [0.15, 0.2) is 52.8 Å². The number of hydrogen-bond acceptors (Lipinski definition) is 7. The van der Waals surface area contributed by atoms with E-state index in [0.29, 0.717) is 11.3 Å². The van der Waals surface area contributed by atoms with Crippen molar-refractivity contribution in [2.45, 2.75) is 11.7 Å². The van der Waals surface area contributed by atoms with Crippen molar-refractivity contribution in [2.75, 3.05) is 0 Å². The first kappa shape index (κ1) is 18.3. The Morgan fingerprint density at radius 1 is 1.37 bits per heavy atom. The van der Waals surface area contributed by atoms with E-state index in [1.54, 1.807) is 18.3 Å². The highest BCUT2D eigenvalue weighted by molar-refractivity contribution is 8.15. The summed E-state index contributed by atoms with van der Waals surface area (Å²) in [6.45, 7) is 0. The summed E-state index contributed by atoms with van der Waals surface area (Å²) in [5.41, 5.74) is 2.90. The van der Waals surface area contributed by atoms with E-state index in [4.69, 9.17) is 10.4 Å². The van der Waals surface area contributed by atoms with Crippen LogP contribution < -0.4 is 5.32 Å². The molecule has 9 heteroatoms. The van der Waals surface area contributed by atoms with E-state index < -0.39 is 11.2 Å². The van der Waals surface area contributed by atoms with Gasteiger partial charge in [0.2, 0.25) is 5.91 Å². The molecule has 1 fully saturated rings. The molecule has 0 radical (unpaired) electrons. The molecule has 3 rings (SSSR count). The van der Waals surface area contributed by atoms with Crippen molar-refractivity contribution in [3.8, 4) is 17.3 Å². The molecule has 2 aromatic rings. The monoisotopic (exact) mass is 379 g/mol. The Morgan fingerprint density at radius 2 is 2.15 bits per heavy atom. The summed E-state index contributed by atoms with van der Waals surface area (Å²) >= 11 is 1.05. The summed E-state index contributed by atoms with van der Waals surface area (Å²) in [6.07, 6.45) is 2.85. The molecule has 8 nitrogen and oxygen atoms in total. The van der Waals surface area contributed by atoms with Crippen LogP contribution in [0.1, 0.15) is 17.5 Å². The van der Waals surface area contributed by atoms with Gasteiger partial charge < -0.3 is 10.4 Å². The van der Waals surface area contributed by atoms with Gasteiger partial charge in [0, 0.05) is 11.8 Å². The third-order valence-corrected chi connectivity index (χ3v) is 4.66. The number of carbonyl (C=O) groups is 2. The van der Waals surface area contributed by atoms with E-state index in [2.05, 4.69) is 26.6 Å². The normalized spacial score (nSPS) is 17.8. The van der Waals surface area contributed by atoms with E-state index in [1.165, 1.54) is 6.21 Å². The molecule has 27 heavy (non-hydrogen) atoms. The number of rotatable bonds is 5. The number of aliphatic carboxylic acids is 1. The fraction of sp³-hybridized carbons (Fsp3) is 0.111. The lowest BCUT2D eigenvalue weighted by atomic mass is 10.1. The highest BCUT2D eigenvalue weighted by atomic mass is 32.2. The minimum Gasteiger partial charge on any atom is -0.481 e. The quantitative estimate of drug-likeness (QED) is 0.604. The lowest BCUT2D eigenvalue weighted by Gasteiger charge is -2.01. The predicted octanol–water partition coefficient (Wildman–Crippen LogP) is 2.02. The van der Waals surface area contributed by atoms with E-state index in [-0.39, 0.29) is 17.5 Å². The van der Waals surface area contributed by atoms with Gasteiger partial charge in [0.25, 0.3) is 0 Å². The minimum atomic E-state index is -1.04. The third kappa shape index (κ3) is 4.77. The highest BCUT2D eigenvalue weighted by Crippen LogP contribution is 2.22. The van der Waals surface area contributed by atoms with Gasteiger partial charge in [0.05, 0.1) is 30.0 Å². The van der Waals surface area contributed by atoms with Crippen molar-refractivity contribution in [2.24, 2.45) is 10.2 Å². The van der Waals surface area contributed by atoms with Gasteiger partial charge in [-0.05, 0) is 17.7 Å². The van der Waals surface area contributed by atoms with Gasteiger partial charge in [-0.3, -0.25) is 14.6 Å². The fourth-order valence-electron chi connectivity index (χ4n) is 2.29. The Bertz CT molecular complexity index is 979. The Balaban J connectivity index is 1.65. The van der Waals surface area contributed by atoms with Crippen LogP contribution in [-0.2, 0) is 9.59 Å². The van der Waals surface area contributed by atoms with Gasteiger partial charge in [-0.15, -0.1) is 5.10 Å². The molecule has 0 aliphatic carbocycles. The SMILES string of the molecule is N#Cc1ccnc(-c2ccc(C=NN=C3NC(=O)C(CC(=O)O)S3)cc2)c1. The number of nitrogens with zero attached hydrogens (tertiary/aromatic N) is 4. The molecule has 1 aromatic heterocycles. The molecule has 1 unspecified atom stereocenters. The molecule has 1 saturated heterocycles. The molecule has 0 saturated carbocycles. The second-order valence-electron chi connectivity index (χ2n) is 5.51. The molecular weight excluding hydrogens is 366 g/mol. The molecule has 1 aliphatic rings. The number of carboxylic acids is 1. The van der Waals surface area contributed by atoms with E-state index in [9.17, 15) is 9.59 Å². The van der Waals surface area contributed by atoms with Gasteiger partial charge in [-0.1, -0.05) is 36.0 Å². The number of carboxylic acid groups (broad SMARTS) is 1. The van der Waals surface area contributed by atoms with Gasteiger partial charge >= 0.3 is 5.97 Å². The standard InChI is InChI=1S/C18H13N5O3S/c19-9-12-5-6-20-14(7-12)13-3-1-11(2-4-13)10-21-23-18-22-17(26)15(27-18)8-16(24)25/h1-7,10,15H,8H2,(H,24,25)(H,22,23,26). The average Bonchev–Trinajstić information content (AvgIpc) is 3.01. The Morgan fingerprint density at radius 3 is 2.85 bits per heavy atom. The van der Waals surface area contributed by atoms with Crippen LogP contribution in [0, 0.1) is 11.3 Å². The molecule has 2 heterocycles. The van der Waals surface area contributed by atoms with Crippen LogP contribution >= 0.6 is 11.8 Å². The number of amidine groups is 1. The number of benzene rings is 1. The zero-order valence-corrected chi connectivity index (χ0v) is 14.7. The zero-order chi connectivity index (χ0) is 19.2. The van der Waals surface area contributed by atoms with Crippen molar-refractivity contribution in [3.63, 3.8) is 0 Å². The first-order chi connectivity index (χ1) is 13.0. The summed E-state index contributed by atoms with van der Waals surface area (Å²) in [6, 6.07) is 12.8. The zero-order valence-electron chi connectivity index (χ0n) is 13.9. The summed E-state index contributed by atoms with van der Waals surface area (Å²) in [5, 5.41) is 27.6. The molecular formula is C18H13N5O3S. The largest absolute Gasteiger partial charge is 0.481 e. The van der Waals surface area contributed by atoms with Crippen molar-refractivity contribution >= 4 is 35.0 Å². The van der Waals surface area contributed by atoms with E-state index in [1.807, 2.05) is 24.3 Å². The van der Waals surface area contributed by atoms with Crippen LogP contribution in [0.3, 0.4) is 0 Å². The van der Waals surface area contributed by atoms with Crippen molar-refractivity contribution in [3.05, 3.63) is 53.7 Å². The van der Waals surface area contributed by atoms with Crippen LogP contribution in [0.25, 0.3) is 11.3 Å². The van der Waals surface area contributed by atoms with E-state index in [0.717, 1.165) is 22.9 Å². The Kier molecular flexibility index (Phi) is 5.58. The van der Waals surface area contributed by atoms with Crippen molar-refractivity contribution < 1.29 is 14.7 Å². The molecule has 1 amide bonds. The number of pyridine rings is 1. The maximum absolute atomic E-state index is 11.6. The van der Waals surface area contributed by atoms with Gasteiger partial charge in [0.15, 0.2) is 5.17 Å². The second kappa shape index (κ2) is 8.25. The molecule has 1 atom stereocenters. The Hall–Kier alpha value is -3.51. The topological polar surface area (TPSA) is 128 Å². The van der Waals surface area contributed by atoms with Gasteiger partial charge in [-0.25, -0.2) is 0 Å². The van der Waals surface area contributed by atoms with Gasteiger partial charge in [0.1, 0.15) is 5.25 Å². The number of nitriles is 1. The first-order valence-electron chi connectivity index (χ1n) is 7.82. The number of hydrogen-bond donors (Lipinski definition) is 2. The van der Waals surface area contributed by atoms with Crippen LogP contribution in [0.2, 0.25) is 0 Å². The van der Waals surface area contributed by atoms with E-state index >= 15 is 0 Å². The van der Waals surface area contributed by atoms with Crippen LogP contribution in [0.4, 0.5) is 0 Å². The Labute approximate surface area is 158 Å². The summed E-state index contributed by atoms with van der Waals surface area (Å²) in [5.74, 6) is -1.42. The minimum absolute atomic E-state index is 0.262. The molecule has 2 N–H and O–H groups in total. The van der Waals surface area contributed by atoms with Crippen LogP contribution in [-0.4, -0.2) is 38.6 Å². The van der Waals surface area contributed by atoms with Crippen molar-refractivity contribution in [1.82, 2.24) is 10.3 Å². The summed E-state index contributed by atoms with van der Waals surface area (Å²) < 4.78 is 0. The number of thioether (sulfide) groups is 1. The van der Waals surface area contributed by atoms with Crippen LogP contribution in [0.5, 0.6) is 0 Å². The van der Waals surface area contributed by atoms with Crippen molar-refractivity contribution in [1.29, 1.82) is 5.26 Å². The lowest BCUT2D eigenvalue weighted by Crippen LogP contribution is -2.26. The fourth-order valence-corrected chi connectivity index (χ4v) is 3.21. The lowest BCUT2D eigenvalue weighted by molar-refractivity contribution is -0.138. The highest BCUT2D eigenvalue weighted by Gasteiger charge is 2.32. The summed E-state index contributed by atoms with van der Waals surface area (Å²) in [4.78, 5) is 26.6. The molecule has 0 bridgehead atoms. The smallest absolute Gasteiger partial charge is 0.305 e. The molecule has 1 aliphatic heterocycles. The second-order valence-corrected chi connectivity index (χ2v) is 6.70. The summed E-state index contributed by atoms with van der Waals surface area (Å²) in [7, 11) is 0.